The van der Waals surface area contributed by atoms with Gasteiger partial charge in [0.15, 0.2) is 0 Å². The third-order valence-corrected chi connectivity index (χ3v) is 5.36. The molecule has 0 saturated carbocycles. The smallest absolute Gasteiger partial charge is 0.223 e. The molecule has 3 rings (SSSR count). The summed E-state index contributed by atoms with van der Waals surface area (Å²) in [5, 5.41) is 4.15. The van der Waals surface area contributed by atoms with Gasteiger partial charge in [-0.2, -0.15) is 0 Å². The molecule has 0 aromatic heterocycles. The molecule has 5 heteroatoms. The van der Waals surface area contributed by atoms with E-state index in [0.717, 1.165) is 50.7 Å². The van der Waals surface area contributed by atoms with Gasteiger partial charge in [-0.05, 0) is 37.4 Å². The number of likely N-dealkylation sites (tertiary alicyclic amines) is 1. The van der Waals surface area contributed by atoms with Crippen molar-refractivity contribution in [1.29, 1.82) is 0 Å². The minimum Gasteiger partial charge on any atom is -0.340 e. The van der Waals surface area contributed by atoms with E-state index in [1.165, 1.54) is 18.4 Å². The van der Waals surface area contributed by atoms with Crippen LogP contribution in [0.3, 0.4) is 0 Å². The molecule has 1 aromatic rings. The fourth-order valence-electron chi connectivity index (χ4n) is 3.65. The fourth-order valence-corrected chi connectivity index (χ4v) is 3.86. The average Bonchev–Trinajstić information content (AvgIpc) is 3.03. The number of benzene rings is 1. The second-order valence-electron chi connectivity index (χ2n) is 6.51. The average molecular weight is 336 g/mol. The highest BCUT2D eigenvalue weighted by molar-refractivity contribution is 6.31. The topological polar surface area (TPSA) is 35.6 Å². The van der Waals surface area contributed by atoms with E-state index in [1.54, 1.807) is 0 Å². The summed E-state index contributed by atoms with van der Waals surface area (Å²) < 4.78 is 0. The first kappa shape index (κ1) is 16.7. The van der Waals surface area contributed by atoms with E-state index in [1.807, 2.05) is 17.0 Å². The zero-order chi connectivity index (χ0) is 16.1. The summed E-state index contributed by atoms with van der Waals surface area (Å²) in [5.41, 5.74) is 1.22. The standard InChI is InChI=1S/C18H26ClN3O/c19-17-6-2-1-4-15(17)14-16-5-3-10-21(16)11-7-18(23)22-12-8-20-9-13-22/h1-2,4,6,16,20H,3,5,7-14H2. The Bertz CT molecular complexity index is 531. The van der Waals surface area contributed by atoms with Gasteiger partial charge in [0.1, 0.15) is 0 Å². The Labute approximate surface area is 143 Å². The number of carbonyl (C=O) groups is 1. The highest BCUT2D eigenvalue weighted by atomic mass is 35.5. The second-order valence-corrected chi connectivity index (χ2v) is 6.92. The van der Waals surface area contributed by atoms with E-state index < -0.39 is 0 Å². The number of hydrogen-bond acceptors (Lipinski definition) is 3. The zero-order valence-electron chi connectivity index (χ0n) is 13.6. The Kier molecular flexibility index (Phi) is 5.92. The van der Waals surface area contributed by atoms with E-state index in [-0.39, 0.29) is 0 Å². The summed E-state index contributed by atoms with van der Waals surface area (Å²) in [6.45, 7) is 5.51. The number of piperazine rings is 1. The van der Waals surface area contributed by atoms with Crippen LogP contribution in [0.25, 0.3) is 0 Å². The quantitative estimate of drug-likeness (QED) is 0.895. The maximum absolute atomic E-state index is 12.3. The van der Waals surface area contributed by atoms with Gasteiger partial charge >= 0.3 is 0 Å². The van der Waals surface area contributed by atoms with Crippen LogP contribution in [0.4, 0.5) is 0 Å². The summed E-state index contributed by atoms with van der Waals surface area (Å²) in [7, 11) is 0. The van der Waals surface area contributed by atoms with Gasteiger partial charge < -0.3 is 10.2 Å². The van der Waals surface area contributed by atoms with Crippen LogP contribution in [-0.2, 0) is 11.2 Å². The number of carbonyl (C=O) groups excluding carboxylic acids is 1. The van der Waals surface area contributed by atoms with Crippen molar-refractivity contribution in [3.63, 3.8) is 0 Å². The van der Waals surface area contributed by atoms with Crippen molar-refractivity contribution >= 4 is 17.5 Å². The van der Waals surface area contributed by atoms with Gasteiger partial charge in [0, 0.05) is 50.2 Å². The Morgan fingerprint density at radius 2 is 2.00 bits per heavy atom. The van der Waals surface area contributed by atoms with Crippen molar-refractivity contribution in [3.05, 3.63) is 34.9 Å². The molecule has 0 bridgehead atoms. The Morgan fingerprint density at radius 3 is 2.78 bits per heavy atom. The SMILES string of the molecule is O=C(CCN1CCCC1Cc1ccccc1Cl)N1CCNCC1. The lowest BCUT2D eigenvalue weighted by molar-refractivity contribution is -0.132. The molecule has 1 aromatic carbocycles. The van der Waals surface area contributed by atoms with Crippen molar-refractivity contribution in [3.8, 4) is 0 Å². The predicted octanol–water partition coefficient (Wildman–Crippen LogP) is 2.17. The molecule has 4 nitrogen and oxygen atoms in total. The fraction of sp³-hybridized carbons (Fsp3) is 0.611. The van der Waals surface area contributed by atoms with Crippen molar-refractivity contribution in [2.24, 2.45) is 0 Å². The van der Waals surface area contributed by atoms with E-state index >= 15 is 0 Å². The summed E-state index contributed by atoms with van der Waals surface area (Å²) in [6, 6.07) is 8.62. The normalized spacial score (nSPS) is 22.5. The molecule has 1 unspecified atom stereocenters. The highest BCUT2D eigenvalue weighted by Crippen LogP contribution is 2.25. The largest absolute Gasteiger partial charge is 0.340 e. The molecule has 0 spiro atoms. The second kappa shape index (κ2) is 8.13. The molecular formula is C18H26ClN3O. The van der Waals surface area contributed by atoms with E-state index in [9.17, 15) is 4.79 Å². The maximum Gasteiger partial charge on any atom is 0.223 e. The Morgan fingerprint density at radius 1 is 1.22 bits per heavy atom. The van der Waals surface area contributed by atoms with Crippen LogP contribution in [0.2, 0.25) is 5.02 Å². The highest BCUT2D eigenvalue weighted by Gasteiger charge is 2.26. The first-order valence-electron chi connectivity index (χ1n) is 8.70. The first-order chi connectivity index (χ1) is 11.2. The van der Waals surface area contributed by atoms with Crippen LogP contribution in [0.1, 0.15) is 24.8 Å². The molecule has 1 amide bonds. The minimum atomic E-state index is 0.301. The molecule has 23 heavy (non-hydrogen) atoms. The first-order valence-corrected chi connectivity index (χ1v) is 9.08. The Hall–Kier alpha value is -1.10. The Balaban J connectivity index is 1.51. The summed E-state index contributed by atoms with van der Waals surface area (Å²) >= 11 is 6.29. The van der Waals surface area contributed by atoms with Crippen LogP contribution in [0, 0.1) is 0 Å². The summed E-state index contributed by atoms with van der Waals surface area (Å²) in [5.74, 6) is 0.301. The monoisotopic (exact) mass is 335 g/mol. The lowest BCUT2D eigenvalue weighted by atomic mass is 10.0. The molecule has 126 valence electrons. The van der Waals surface area contributed by atoms with Gasteiger partial charge in [-0.15, -0.1) is 0 Å². The van der Waals surface area contributed by atoms with Crippen LogP contribution < -0.4 is 5.32 Å². The molecular weight excluding hydrogens is 310 g/mol. The molecule has 1 N–H and O–H groups in total. The molecule has 2 fully saturated rings. The van der Waals surface area contributed by atoms with Crippen molar-refractivity contribution < 1.29 is 4.79 Å². The van der Waals surface area contributed by atoms with E-state index in [2.05, 4.69) is 22.3 Å². The van der Waals surface area contributed by atoms with Gasteiger partial charge in [-0.3, -0.25) is 9.69 Å². The van der Waals surface area contributed by atoms with E-state index in [0.29, 0.717) is 18.4 Å². The van der Waals surface area contributed by atoms with Crippen LogP contribution in [0.5, 0.6) is 0 Å². The summed E-state index contributed by atoms with van der Waals surface area (Å²) in [6.07, 6.45) is 4.05. The predicted molar refractivity (Wildman–Crippen MR) is 93.8 cm³/mol. The van der Waals surface area contributed by atoms with Gasteiger partial charge in [-0.1, -0.05) is 29.8 Å². The third kappa shape index (κ3) is 4.46. The molecule has 0 radical (unpaired) electrons. The van der Waals surface area contributed by atoms with Crippen LogP contribution >= 0.6 is 11.6 Å². The molecule has 2 heterocycles. The van der Waals surface area contributed by atoms with Gasteiger partial charge in [0.05, 0.1) is 0 Å². The van der Waals surface area contributed by atoms with Crippen molar-refractivity contribution in [2.45, 2.75) is 31.7 Å². The van der Waals surface area contributed by atoms with Crippen LogP contribution in [0.15, 0.2) is 24.3 Å². The number of rotatable bonds is 5. The van der Waals surface area contributed by atoms with Crippen molar-refractivity contribution in [1.82, 2.24) is 15.1 Å². The molecule has 1 atom stereocenters. The van der Waals surface area contributed by atoms with Crippen LogP contribution in [-0.4, -0.2) is 61.0 Å². The number of amides is 1. The van der Waals surface area contributed by atoms with Gasteiger partial charge in [0.25, 0.3) is 0 Å². The summed E-state index contributed by atoms with van der Waals surface area (Å²) in [4.78, 5) is 16.8. The van der Waals surface area contributed by atoms with Crippen molar-refractivity contribution in [2.75, 3.05) is 39.3 Å². The molecule has 0 aliphatic carbocycles. The number of nitrogens with one attached hydrogen (secondary N) is 1. The molecule has 2 aliphatic rings. The lowest BCUT2D eigenvalue weighted by Gasteiger charge is -2.29. The number of hydrogen-bond donors (Lipinski definition) is 1. The van der Waals surface area contributed by atoms with Gasteiger partial charge in [0.2, 0.25) is 5.91 Å². The maximum atomic E-state index is 12.3. The third-order valence-electron chi connectivity index (χ3n) is 5.00. The molecule has 2 saturated heterocycles. The van der Waals surface area contributed by atoms with E-state index in [4.69, 9.17) is 11.6 Å². The zero-order valence-corrected chi connectivity index (χ0v) is 14.4. The number of nitrogens with zero attached hydrogens (tertiary/aromatic N) is 2. The molecule has 2 aliphatic heterocycles. The number of halogens is 1. The lowest BCUT2D eigenvalue weighted by Crippen LogP contribution is -2.47. The minimum absolute atomic E-state index is 0.301. The van der Waals surface area contributed by atoms with Gasteiger partial charge in [-0.25, -0.2) is 0 Å².